The molecule has 0 unspecified atom stereocenters. The first-order valence-electron chi connectivity index (χ1n) is 4.87. The molecule has 0 saturated heterocycles. The van der Waals surface area contributed by atoms with Gasteiger partial charge < -0.3 is 19.5 Å². The van der Waals surface area contributed by atoms with Crippen LogP contribution in [0, 0.1) is 0 Å². The van der Waals surface area contributed by atoms with E-state index in [-0.39, 0.29) is 6.10 Å². The molecule has 0 aromatic rings. The summed E-state index contributed by atoms with van der Waals surface area (Å²) in [5.41, 5.74) is -0.478. The number of carbonyl (C=O) groups is 1. The minimum absolute atomic E-state index is 0.150. The quantitative estimate of drug-likeness (QED) is 0.754. The molecular formula is C10H21NO4. The minimum atomic E-state index is -0.478. The molecule has 5 heteroatoms. The van der Waals surface area contributed by atoms with Crippen LogP contribution >= 0.6 is 0 Å². The van der Waals surface area contributed by atoms with Crippen molar-refractivity contribution in [1.29, 1.82) is 0 Å². The summed E-state index contributed by atoms with van der Waals surface area (Å²) in [7, 11) is 3.15. The Kier molecular flexibility index (Phi) is 6.27. The molecule has 0 aromatic carbocycles. The lowest BCUT2D eigenvalue weighted by atomic mass is 10.2. The summed E-state index contributed by atoms with van der Waals surface area (Å²) >= 11 is 0. The number of methoxy groups -OCH3 is 2. The van der Waals surface area contributed by atoms with Crippen LogP contribution in [0.5, 0.6) is 0 Å². The summed E-state index contributed by atoms with van der Waals surface area (Å²) in [6, 6.07) is 0. The van der Waals surface area contributed by atoms with Crippen molar-refractivity contribution in [3.8, 4) is 0 Å². The van der Waals surface area contributed by atoms with E-state index in [1.807, 2.05) is 20.8 Å². The lowest BCUT2D eigenvalue weighted by Crippen LogP contribution is -2.38. The van der Waals surface area contributed by atoms with Gasteiger partial charge in [0.05, 0.1) is 12.7 Å². The molecule has 1 N–H and O–H groups in total. The highest BCUT2D eigenvalue weighted by molar-refractivity contribution is 5.67. The van der Waals surface area contributed by atoms with E-state index in [9.17, 15) is 4.79 Å². The molecule has 5 nitrogen and oxygen atoms in total. The van der Waals surface area contributed by atoms with Crippen LogP contribution in [0.2, 0.25) is 0 Å². The highest BCUT2D eigenvalue weighted by Gasteiger charge is 2.17. The van der Waals surface area contributed by atoms with E-state index < -0.39 is 11.7 Å². The van der Waals surface area contributed by atoms with E-state index in [1.165, 1.54) is 0 Å². The molecule has 1 amide bonds. The van der Waals surface area contributed by atoms with E-state index in [0.29, 0.717) is 13.2 Å². The van der Waals surface area contributed by atoms with Crippen LogP contribution in [0.1, 0.15) is 20.8 Å². The standard InChI is InChI=1S/C10H21NO4/c1-10(2,3)15-9(12)11-6-8(14-5)7-13-4/h8H,6-7H2,1-5H3,(H,11,12)/t8-/m1/s1. The Hall–Kier alpha value is -0.810. The highest BCUT2D eigenvalue weighted by atomic mass is 16.6. The number of hydrogen-bond acceptors (Lipinski definition) is 4. The topological polar surface area (TPSA) is 56.8 Å². The predicted molar refractivity (Wildman–Crippen MR) is 56.9 cm³/mol. The molecule has 0 aliphatic rings. The molecule has 0 aromatic heterocycles. The van der Waals surface area contributed by atoms with Gasteiger partial charge in [0.25, 0.3) is 0 Å². The number of hydrogen-bond donors (Lipinski definition) is 1. The minimum Gasteiger partial charge on any atom is -0.444 e. The maximum Gasteiger partial charge on any atom is 0.407 e. The van der Waals surface area contributed by atoms with Crippen LogP contribution in [0.25, 0.3) is 0 Å². The van der Waals surface area contributed by atoms with Gasteiger partial charge in [-0.25, -0.2) is 4.79 Å². The van der Waals surface area contributed by atoms with Gasteiger partial charge in [-0.1, -0.05) is 0 Å². The maximum atomic E-state index is 11.3. The monoisotopic (exact) mass is 219 g/mol. The van der Waals surface area contributed by atoms with Crippen LogP contribution in [0.4, 0.5) is 4.79 Å². The summed E-state index contributed by atoms with van der Waals surface area (Å²) in [6.45, 7) is 6.26. The zero-order chi connectivity index (χ0) is 11.9. The molecule has 0 aliphatic carbocycles. The van der Waals surface area contributed by atoms with Crippen molar-refractivity contribution in [3.05, 3.63) is 0 Å². The largest absolute Gasteiger partial charge is 0.444 e. The van der Waals surface area contributed by atoms with Crippen LogP contribution in [-0.4, -0.2) is 45.2 Å². The van der Waals surface area contributed by atoms with E-state index in [1.54, 1.807) is 14.2 Å². The van der Waals surface area contributed by atoms with Crippen molar-refractivity contribution >= 4 is 6.09 Å². The Balaban J connectivity index is 3.78. The SMILES string of the molecule is COC[C@@H](CNC(=O)OC(C)(C)C)OC. The van der Waals surface area contributed by atoms with Crippen LogP contribution in [-0.2, 0) is 14.2 Å². The van der Waals surface area contributed by atoms with Crippen molar-refractivity contribution in [2.24, 2.45) is 0 Å². The van der Waals surface area contributed by atoms with Crippen LogP contribution in [0.3, 0.4) is 0 Å². The molecule has 0 aliphatic heterocycles. The number of carbonyl (C=O) groups excluding carboxylic acids is 1. The number of nitrogens with one attached hydrogen (secondary N) is 1. The zero-order valence-corrected chi connectivity index (χ0v) is 10.1. The third-order valence-corrected chi connectivity index (χ3v) is 1.56. The van der Waals surface area contributed by atoms with Gasteiger partial charge in [0.1, 0.15) is 5.60 Å². The van der Waals surface area contributed by atoms with Gasteiger partial charge in [-0.2, -0.15) is 0 Å². The summed E-state index contributed by atoms with van der Waals surface area (Å²) in [4.78, 5) is 11.3. The Morgan fingerprint density at radius 1 is 1.33 bits per heavy atom. The lowest BCUT2D eigenvalue weighted by molar-refractivity contribution is 0.0207. The van der Waals surface area contributed by atoms with E-state index in [4.69, 9.17) is 14.2 Å². The van der Waals surface area contributed by atoms with Gasteiger partial charge in [-0.3, -0.25) is 0 Å². The Bertz CT molecular complexity index is 188. The van der Waals surface area contributed by atoms with Gasteiger partial charge in [0.15, 0.2) is 0 Å². The van der Waals surface area contributed by atoms with Gasteiger partial charge in [0, 0.05) is 20.8 Å². The molecule has 0 fully saturated rings. The summed E-state index contributed by atoms with van der Waals surface area (Å²) in [5, 5.41) is 2.61. The molecule has 0 saturated carbocycles. The second-order valence-electron chi connectivity index (χ2n) is 4.20. The van der Waals surface area contributed by atoms with Crippen molar-refractivity contribution in [2.75, 3.05) is 27.4 Å². The average Bonchev–Trinajstić information content (AvgIpc) is 2.09. The Morgan fingerprint density at radius 2 is 1.93 bits per heavy atom. The van der Waals surface area contributed by atoms with Crippen LogP contribution in [0.15, 0.2) is 0 Å². The normalized spacial score (nSPS) is 13.4. The number of amides is 1. The van der Waals surface area contributed by atoms with Gasteiger partial charge in [0.2, 0.25) is 0 Å². The van der Waals surface area contributed by atoms with Gasteiger partial charge in [-0.15, -0.1) is 0 Å². The molecule has 0 rings (SSSR count). The summed E-state index contributed by atoms with van der Waals surface area (Å²) in [6.07, 6.45) is -0.594. The van der Waals surface area contributed by atoms with Crippen molar-refractivity contribution < 1.29 is 19.0 Å². The fourth-order valence-electron chi connectivity index (χ4n) is 0.908. The van der Waals surface area contributed by atoms with Gasteiger partial charge >= 0.3 is 6.09 Å². The lowest BCUT2D eigenvalue weighted by Gasteiger charge is -2.21. The first-order valence-corrected chi connectivity index (χ1v) is 4.87. The van der Waals surface area contributed by atoms with Gasteiger partial charge in [-0.05, 0) is 20.8 Å². The van der Waals surface area contributed by atoms with E-state index in [2.05, 4.69) is 5.32 Å². The molecule has 15 heavy (non-hydrogen) atoms. The molecule has 0 bridgehead atoms. The molecular weight excluding hydrogens is 198 g/mol. The first kappa shape index (κ1) is 14.2. The smallest absolute Gasteiger partial charge is 0.407 e. The van der Waals surface area contributed by atoms with E-state index >= 15 is 0 Å². The highest BCUT2D eigenvalue weighted by Crippen LogP contribution is 2.06. The van der Waals surface area contributed by atoms with E-state index in [0.717, 1.165) is 0 Å². The molecule has 0 heterocycles. The number of alkyl carbamates (subject to hydrolysis) is 1. The second kappa shape index (κ2) is 6.63. The van der Waals surface area contributed by atoms with Crippen molar-refractivity contribution in [1.82, 2.24) is 5.32 Å². The van der Waals surface area contributed by atoms with Crippen LogP contribution < -0.4 is 5.32 Å². The first-order chi connectivity index (χ1) is 6.89. The average molecular weight is 219 g/mol. The third kappa shape index (κ3) is 8.20. The molecule has 90 valence electrons. The zero-order valence-electron chi connectivity index (χ0n) is 10.1. The number of ether oxygens (including phenoxy) is 3. The predicted octanol–water partition coefficient (Wildman–Crippen LogP) is 1.17. The van der Waals surface area contributed by atoms with Crippen molar-refractivity contribution in [2.45, 2.75) is 32.5 Å². The fourth-order valence-corrected chi connectivity index (χ4v) is 0.908. The third-order valence-electron chi connectivity index (χ3n) is 1.56. The molecule has 0 spiro atoms. The molecule has 1 atom stereocenters. The summed E-state index contributed by atoms with van der Waals surface area (Å²) < 4.78 is 15.1. The Labute approximate surface area is 91.1 Å². The number of rotatable bonds is 5. The molecule has 0 radical (unpaired) electrons. The summed E-state index contributed by atoms with van der Waals surface area (Å²) in [5.74, 6) is 0. The second-order valence-corrected chi connectivity index (χ2v) is 4.20. The fraction of sp³-hybridized carbons (Fsp3) is 0.900. The van der Waals surface area contributed by atoms with Crippen molar-refractivity contribution in [3.63, 3.8) is 0 Å². The Morgan fingerprint density at radius 3 is 2.33 bits per heavy atom. The maximum absolute atomic E-state index is 11.3.